The highest BCUT2D eigenvalue weighted by Crippen LogP contribution is 2.25. The summed E-state index contributed by atoms with van der Waals surface area (Å²) in [4.78, 5) is 13.5. The van der Waals surface area contributed by atoms with Crippen molar-refractivity contribution in [3.63, 3.8) is 0 Å². The minimum absolute atomic E-state index is 0.0105. The molecule has 1 aliphatic rings. The van der Waals surface area contributed by atoms with E-state index in [1.807, 2.05) is 4.90 Å². The van der Waals surface area contributed by atoms with Crippen LogP contribution in [-0.4, -0.2) is 42.2 Å². The molecular weight excluding hydrogens is 316 g/mol. The van der Waals surface area contributed by atoms with Gasteiger partial charge in [-0.15, -0.1) is 0 Å². The third kappa shape index (κ3) is 5.53. The number of aliphatic hydroxyl groups is 1. The number of carbonyl (C=O) groups excluding carboxylic acids is 1. The average molecular weight is 341 g/mol. The number of piperidine rings is 1. The molecule has 2 rings (SSSR count). The summed E-state index contributed by atoms with van der Waals surface area (Å²) in [7, 11) is 0. The Morgan fingerprint density at radius 1 is 1.46 bits per heavy atom. The second kappa shape index (κ2) is 9.08. The molecule has 2 unspecified atom stereocenters. The Balaban J connectivity index is 1.85. The van der Waals surface area contributed by atoms with Gasteiger partial charge in [0, 0.05) is 25.1 Å². The standard InChI is InChI=1S/C18H25F2NO3/c1-2-24-18(23)8-5-13-4-3-9-21(11-13)12-17(22)15-10-14(19)6-7-16(15)20/h6-7,10,13,17,22H,2-5,8-9,11-12H2,1H3. The number of hydrogen-bond acceptors (Lipinski definition) is 4. The molecule has 0 aliphatic carbocycles. The van der Waals surface area contributed by atoms with Crippen molar-refractivity contribution < 1.29 is 23.4 Å². The molecule has 1 N–H and O–H groups in total. The van der Waals surface area contributed by atoms with Gasteiger partial charge in [-0.1, -0.05) is 0 Å². The Kier molecular flexibility index (Phi) is 7.12. The van der Waals surface area contributed by atoms with Crippen molar-refractivity contribution in [1.29, 1.82) is 0 Å². The molecule has 0 radical (unpaired) electrons. The topological polar surface area (TPSA) is 49.8 Å². The van der Waals surface area contributed by atoms with Crippen LogP contribution in [0.2, 0.25) is 0 Å². The number of benzene rings is 1. The zero-order valence-electron chi connectivity index (χ0n) is 14.0. The second-order valence-electron chi connectivity index (χ2n) is 6.29. The second-order valence-corrected chi connectivity index (χ2v) is 6.29. The van der Waals surface area contributed by atoms with Crippen LogP contribution < -0.4 is 0 Å². The average Bonchev–Trinajstić information content (AvgIpc) is 2.56. The van der Waals surface area contributed by atoms with Gasteiger partial charge in [-0.3, -0.25) is 4.79 Å². The number of hydrogen-bond donors (Lipinski definition) is 1. The maximum Gasteiger partial charge on any atom is 0.305 e. The van der Waals surface area contributed by atoms with Crippen molar-refractivity contribution in [2.24, 2.45) is 5.92 Å². The quantitative estimate of drug-likeness (QED) is 0.775. The van der Waals surface area contributed by atoms with Crippen LogP contribution in [0.3, 0.4) is 0 Å². The van der Waals surface area contributed by atoms with Crippen LogP contribution in [0.4, 0.5) is 8.78 Å². The Labute approximate surface area is 141 Å². The van der Waals surface area contributed by atoms with E-state index in [1.54, 1.807) is 6.92 Å². The van der Waals surface area contributed by atoms with E-state index < -0.39 is 17.7 Å². The lowest BCUT2D eigenvalue weighted by molar-refractivity contribution is -0.143. The summed E-state index contributed by atoms with van der Waals surface area (Å²) in [5.41, 5.74) is -0.0105. The molecule has 1 aliphatic heterocycles. The molecule has 0 spiro atoms. The summed E-state index contributed by atoms with van der Waals surface area (Å²) in [5, 5.41) is 10.2. The fraction of sp³-hybridized carbons (Fsp3) is 0.611. The number of halogens is 2. The first-order valence-electron chi connectivity index (χ1n) is 8.50. The van der Waals surface area contributed by atoms with Crippen molar-refractivity contribution in [3.05, 3.63) is 35.4 Å². The van der Waals surface area contributed by atoms with E-state index in [1.165, 1.54) is 0 Å². The molecule has 2 atom stereocenters. The zero-order chi connectivity index (χ0) is 17.5. The molecule has 6 heteroatoms. The van der Waals surface area contributed by atoms with E-state index in [0.717, 1.165) is 50.6 Å². The fourth-order valence-corrected chi connectivity index (χ4v) is 3.22. The maximum absolute atomic E-state index is 13.7. The molecule has 1 aromatic rings. The van der Waals surface area contributed by atoms with Gasteiger partial charge in [-0.05, 0) is 56.8 Å². The lowest BCUT2D eigenvalue weighted by Crippen LogP contribution is -2.38. The summed E-state index contributed by atoms with van der Waals surface area (Å²) in [5.74, 6) is -0.986. The van der Waals surface area contributed by atoms with Gasteiger partial charge >= 0.3 is 5.97 Å². The lowest BCUT2D eigenvalue weighted by Gasteiger charge is -2.34. The van der Waals surface area contributed by atoms with E-state index in [2.05, 4.69) is 0 Å². The van der Waals surface area contributed by atoms with Crippen molar-refractivity contribution >= 4 is 5.97 Å². The summed E-state index contributed by atoms with van der Waals surface area (Å²) in [6.07, 6.45) is 2.07. The summed E-state index contributed by atoms with van der Waals surface area (Å²) in [6.45, 7) is 3.99. The third-order valence-corrected chi connectivity index (χ3v) is 4.41. The molecule has 0 saturated carbocycles. The molecule has 24 heavy (non-hydrogen) atoms. The normalized spacial score (nSPS) is 19.9. The molecule has 1 heterocycles. The van der Waals surface area contributed by atoms with Crippen molar-refractivity contribution in [2.45, 2.75) is 38.7 Å². The minimum atomic E-state index is -1.07. The van der Waals surface area contributed by atoms with Gasteiger partial charge in [-0.25, -0.2) is 8.78 Å². The van der Waals surface area contributed by atoms with Crippen LogP contribution in [0.15, 0.2) is 18.2 Å². The Hall–Kier alpha value is -1.53. The van der Waals surface area contributed by atoms with Crippen LogP contribution in [-0.2, 0) is 9.53 Å². The summed E-state index contributed by atoms with van der Waals surface area (Å²) in [6, 6.07) is 3.12. The highest BCUT2D eigenvalue weighted by atomic mass is 19.1. The smallest absolute Gasteiger partial charge is 0.305 e. The van der Waals surface area contributed by atoms with Gasteiger partial charge in [0.2, 0.25) is 0 Å². The van der Waals surface area contributed by atoms with Gasteiger partial charge in [0.15, 0.2) is 0 Å². The number of aliphatic hydroxyl groups excluding tert-OH is 1. The molecule has 134 valence electrons. The molecule has 4 nitrogen and oxygen atoms in total. The largest absolute Gasteiger partial charge is 0.466 e. The van der Waals surface area contributed by atoms with Gasteiger partial charge < -0.3 is 14.7 Å². The van der Waals surface area contributed by atoms with E-state index in [9.17, 15) is 18.7 Å². The van der Waals surface area contributed by atoms with Gasteiger partial charge in [0.1, 0.15) is 11.6 Å². The Morgan fingerprint density at radius 3 is 3.00 bits per heavy atom. The molecule has 0 bridgehead atoms. The van der Waals surface area contributed by atoms with Crippen LogP contribution in [0.25, 0.3) is 0 Å². The first-order valence-corrected chi connectivity index (χ1v) is 8.50. The van der Waals surface area contributed by atoms with Crippen molar-refractivity contribution in [1.82, 2.24) is 4.90 Å². The van der Waals surface area contributed by atoms with Gasteiger partial charge in [0.05, 0.1) is 12.7 Å². The molecular formula is C18H25F2NO3. The molecule has 0 aromatic heterocycles. The third-order valence-electron chi connectivity index (χ3n) is 4.41. The molecule has 1 saturated heterocycles. The van der Waals surface area contributed by atoms with E-state index in [0.29, 0.717) is 18.9 Å². The van der Waals surface area contributed by atoms with E-state index in [-0.39, 0.29) is 18.1 Å². The summed E-state index contributed by atoms with van der Waals surface area (Å²) < 4.78 is 31.9. The SMILES string of the molecule is CCOC(=O)CCC1CCCN(CC(O)c2cc(F)ccc2F)C1. The Morgan fingerprint density at radius 2 is 2.25 bits per heavy atom. The van der Waals surface area contributed by atoms with Crippen LogP contribution in [0.1, 0.15) is 44.3 Å². The summed E-state index contributed by atoms with van der Waals surface area (Å²) >= 11 is 0. The highest BCUT2D eigenvalue weighted by molar-refractivity contribution is 5.69. The van der Waals surface area contributed by atoms with Crippen LogP contribution in [0, 0.1) is 17.6 Å². The number of rotatable bonds is 7. The monoisotopic (exact) mass is 341 g/mol. The first kappa shape index (κ1) is 18.8. The number of esters is 1. The van der Waals surface area contributed by atoms with Crippen LogP contribution >= 0.6 is 0 Å². The molecule has 1 aromatic carbocycles. The van der Waals surface area contributed by atoms with Gasteiger partial charge in [0.25, 0.3) is 0 Å². The Bertz CT molecular complexity index is 553. The predicted octanol–water partition coefficient (Wildman–Crippen LogP) is 3.05. The van der Waals surface area contributed by atoms with E-state index >= 15 is 0 Å². The number of carbonyl (C=O) groups is 1. The maximum atomic E-state index is 13.7. The molecule has 0 amide bonds. The van der Waals surface area contributed by atoms with Crippen molar-refractivity contribution in [3.8, 4) is 0 Å². The molecule has 1 fully saturated rings. The number of ether oxygens (including phenoxy) is 1. The lowest BCUT2D eigenvalue weighted by atomic mass is 9.93. The number of β-amino-alcohol motifs (C(OH)–C–C–N with tert-alkyl or cyclic N) is 1. The number of nitrogens with zero attached hydrogens (tertiary/aromatic N) is 1. The first-order chi connectivity index (χ1) is 11.5. The zero-order valence-corrected chi connectivity index (χ0v) is 14.0. The minimum Gasteiger partial charge on any atom is -0.466 e. The number of likely N-dealkylation sites (tertiary alicyclic amines) is 1. The fourth-order valence-electron chi connectivity index (χ4n) is 3.22. The van der Waals surface area contributed by atoms with Crippen LogP contribution in [0.5, 0.6) is 0 Å². The predicted molar refractivity (Wildman–Crippen MR) is 86.3 cm³/mol. The van der Waals surface area contributed by atoms with Gasteiger partial charge in [-0.2, -0.15) is 0 Å². The highest BCUT2D eigenvalue weighted by Gasteiger charge is 2.24. The van der Waals surface area contributed by atoms with E-state index in [4.69, 9.17) is 4.74 Å². The van der Waals surface area contributed by atoms with Crippen molar-refractivity contribution in [2.75, 3.05) is 26.2 Å².